The molecule has 2 heterocycles. The molecule has 2 aromatic rings. The van der Waals surface area contributed by atoms with Gasteiger partial charge in [0.1, 0.15) is 0 Å². The monoisotopic (exact) mass is 221 g/mol. The molecule has 0 saturated heterocycles. The molecule has 2 aromatic heterocycles. The molecule has 2 N–H and O–H groups in total. The average Bonchev–Trinajstić information content (AvgIpc) is 2.85. The lowest BCUT2D eigenvalue weighted by Gasteiger charge is -2.09. The molecule has 1 unspecified atom stereocenters. The van der Waals surface area contributed by atoms with Crippen molar-refractivity contribution >= 4 is 11.3 Å². The van der Waals surface area contributed by atoms with Crippen LogP contribution in [0.15, 0.2) is 23.6 Å². The Morgan fingerprint density at radius 3 is 2.93 bits per heavy atom. The van der Waals surface area contributed by atoms with E-state index in [4.69, 9.17) is 5.73 Å². The second-order valence-electron chi connectivity index (χ2n) is 3.53. The molecule has 3 nitrogen and oxygen atoms in total. The van der Waals surface area contributed by atoms with Crippen molar-refractivity contribution in [2.45, 2.75) is 19.4 Å². The van der Waals surface area contributed by atoms with Crippen LogP contribution in [0.3, 0.4) is 0 Å². The molecule has 15 heavy (non-hydrogen) atoms. The Morgan fingerprint density at radius 1 is 1.60 bits per heavy atom. The summed E-state index contributed by atoms with van der Waals surface area (Å²) in [6, 6.07) is 6.12. The quantitative estimate of drug-likeness (QED) is 0.862. The van der Waals surface area contributed by atoms with E-state index in [1.807, 2.05) is 23.2 Å². The summed E-state index contributed by atoms with van der Waals surface area (Å²) >= 11 is 1.69. The lowest BCUT2D eigenvalue weighted by molar-refractivity contribution is 0.670. The van der Waals surface area contributed by atoms with E-state index in [0.29, 0.717) is 0 Å². The molecule has 2 rings (SSSR count). The highest BCUT2D eigenvalue weighted by molar-refractivity contribution is 7.10. The topological polar surface area (TPSA) is 43.8 Å². The van der Waals surface area contributed by atoms with Crippen LogP contribution in [0.25, 0.3) is 0 Å². The molecule has 4 heteroatoms. The molecule has 0 aliphatic rings. The maximum Gasteiger partial charge on any atom is 0.0816 e. The molecular weight excluding hydrogens is 206 g/mol. The summed E-state index contributed by atoms with van der Waals surface area (Å²) in [6.07, 6.45) is 0.949. The first kappa shape index (κ1) is 10.4. The smallest absolute Gasteiger partial charge is 0.0816 e. The van der Waals surface area contributed by atoms with E-state index in [1.165, 1.54) is 4.88 Å². The minimum absolute atomic E-state index is 0.0530. The Morgan fingerprint density at radius 2 is 2.40 bits per heavy atom. The highest BCUT2D eigenvalue weighted by Crippen LogP contribution is 2.23. The highest BCUT2D eigenvalue weighted by Gasteiger charge is 2.14. The summed E-state index contributed by atoms with van der Waals surface area (Å²) in [5, 5.41) is 6.45. The SMILES string of the molecule is CCc1cc(C(N)c2cccs2)n(C)n1. The van der Waals surface area contributed by atoms with E-state index in [2.05, 4.69) is 24.2 Å². The molecule has 0 bridgehead atoms. The molecule has 80 valence electrons. The third-order valence-corrected chi connectivity index (χ3v) is 3.45. The first-order chi connectivity index (χ1) is 7.22. The first-order valence-corrected chi connectivity index (χ1v) is 5.92. The van der Waals surface area contributed by atoms with Crippen LogP contribution in [-0.4, -0.2) is 9.78 Å². The van der Waals surface area contributed by atoms with Gasteiger partial charge >= 0.3 is 0 Å². The molecule has 0 amide bonds. The van der Waals surface area contributed by atoms with Crippen LogP contribution in [0.2, 0.25) is 0 Å². The highest BCUT2D eigenvalue weighted by atomic mass is 32.1. The number of rotatable bonds is 3. The third-order valence-electron chi connectivity index (χ3n) is 2.50. The molecule has 0 radical (unpaired) electrons. The maximum absolute atomic E-state index is 6.18. The molecule has 0 aliphatic heterocycles. The van der Waals surface area contributed by atoms with Gasteiger partial charge in [0.25, 0.3) is 0 Å². The van der Waals surface area contributed by atoms with Gasteiger partial charge in [0, 0.05) is 11.9 Å². The van der Waals surface area contributed by atoms with Gasteiger partial charge in [-0.25, -0.2) is 0 Å². The molecule has 0 fully saturated rings. The second kappa shape index (κ2) is 4.16. The van der Waals surface area contributed by atoms with E-state index >= 15 is 0 Å². The lowest BCUT2D eigenvalue weighted by atomic mass is 10.1. The molecular formula is C11H15N3S. The zero-order valence-corrected chi connectivity index (χ0v) is 9.79. The number of aryl methyl sites for hydroxylation is 2. The molecule has 0 saturated carbocycles. The van der Waals surface area contributed by atoms with Gasteiger partial charge in [-0.05, 0) is 23.9 Å². The summed E-state index contributed by atoms with van der Waals surface area (Å²) < 4.78 is 1.88. The van der Waals surface area contributed by atoms with Gasteiger partial charge in [-0.3, -0.25) is 4.68 Å². The van der Waals surface area contributed by atoms with Crippen molar-refractivity contribution in [2.24, 2.45) is 12.8 Å². The second-order valence-corrected chi connectivity index (χ2v) is 4.51. The minimum Gasteiger partial charge on any atom is -0.318 e. The van der Waals surface area contributed by atoms with Crippen molar-refractivity contribution in [3.8, 4) is 0 Å². The Hall–Kier alpha value is -1.13. The van der Waals surface area contributed by atoms with Gasteiger partial charge in [-0.1, -0.05) is 13.0 Å². The lowest BCUT2D eigenvalue weighted by Crippen LogP contribution is -2.14. The number of nitrogens with zero attached hydrogens (tertiary/aromatic N) is 2. The molecule has 0 aromatic carbocycles. The number of hydrogen-bond acceptors (Lipinski definition) is 3. The Labute approximate surface area is 93.5 Å². The summed E-state index contributed by atoms with van der Waals surface area (Å²) in [6.45, 7) is 2.10. The Balaban J connectivity index is 2.33. The van der Waals surface area contributed by atoms with Crippen LogP contribution in [0, 0.1) is 0 Å². The predicted molar refractivity (Wildman–Crippen MR) is 62.9 cm³/mol. The number of nitrogens with two attached hydrogens (primary N) is 1. The van der Waals surface area contributed by atoms with Crippen LogP contribution in [0.4, 0.5) is 0 Å². The maximum atomic E-state index is 6.18. The normalized spacial score (nSPS) is 13.0. The summed E-state index contributed by atoms with van der Waals surface area (Å²) in [5.74, 6) is 0. The van der Waals surface area contributed by atoms with Crippen molar-refractivity contribution in [1.29, 1.82) is 0 Å². The first-order valence-electron chi connectivity index (χ1n) is 5.04. The number of thiophene rings is 1. The zero-order chi connectivity index (χ0) is 10.8. The van der Waals surface area contributed by atoms with Crippen LogP contribution < -0.4 is 5.73 Å². The van der Waals surface area contributed by atoms with Crippen molar-refractivity contribution in [1.82, 2.24) is 9.78 Å². The van der Waals surface area contributed by atoms with E-state index in [1.54, 1.807) is 11.3 Å². The number of aromatic nitrogens is 2. The van der Waals surface area contributed by atoms with Crippen LogP contribution in [0.5, 0.6) is 0 Å². The molecule has 0 spiro atoms. The van der Waals surface area contributed by atoms with Gasteiger partial charge in [0.15, 0.2) is 0 Å². The van der Waals surface area contributed by atoms with Crippen molar-refractivity contribution in [3.63, 3.8) is 0 Å². The summed E-state index contributed by atoms with van der Waals surface area (Å²) in [7, 11) is 1.95. The number of hydrogen-bond donors (Lipinski definition) is 1. The van der Waals surface area contributed by atoms with Gasteiger partial charge < -0.3 is 5.73 Å². The van der Waals surface area contributed by atoms with Crippen molar-refractivity contribution in [3.05, 3.63) is 39.8 Å². The Bertz CT molecular complexity index is 431. The van der Waals surface area contributed by atoms with Crippen molar-refractivity contribution < 1.29 is 0 Å². The largest absolute Gasteiger partial charge is 0.318 e. The predicted octanol–water partition coefficient (Wildman–Crippen LogP) is 2.09. The summed E-state index contributed by atoms with van der Waals surface area (Å²) in [5.41, 5.74) is 8.35. The van der Waals surface area contributed by atoms with Crippen molar-refractivity contribution in [2.75, 3.05) is 0 Å². The summed E-state index contributed by atoms with van der Waals surface area (Å²) in [4.78, 5) is 1.18. The average molecular weight is 221 g/mol. The third kappa shape index (κ3) is 1.96. The van der Waals surface area contributed by atoms with E-state index < -0.39 is 0 Å². The Kier molecular flexibility index (Phi) is 2.88. The standard InChI is InChI=1S/C11H15N3S/c1-3-8-7-9(14(2)13-8)11(12)10-5-4-6-15-10/h4-7,11H,3,12H2,1-2H3. The van der Waals surface area contributed by atoms with Crippen LogP contribution in [0.1, 0.15) is 29.2 Å². The van der Waals surface area contributed by atoms with E-state index in [-0.39, 0.29) is 6.04 Å². The molecule has 0 aliphatic carbocycles. The fourth-order valence-electron chi connectivity index (χ4n) is 1.62. The van der Waals surface area contributed by atoms with Crippen LogP contribution in [-0.2, 0) is 13.5 Å². The fraction of sp³-hybridized carbons (Fsp3) is 0.364. The zero-order valence-electron chi connectivity index (χ0n) is 8.97. The fourth-order valence-corrected chi connectivity index (χ4v) is 2.36. The van der Waals surface area contributed by atoms with Gasteiger partial charge in [-0.2, -0.15) is 5.10 Å². The van der Waals surface area contributed by atoms with Gasteiger partial charge in [0.05, 0.1) is 17.4 Å². The minimum atomic E-state index is -0.0530. The van der Waals surface area contributed by atoms with E-state index in [0.717, 1.165) is 17.8 Å². The van der Waals surface area contributed by atoms with E-state index in [9.17, 15) is 0 Å². The molecule has 1 atom stereocenters. The van der Waals surface area contributed by atoms with Crippen LogP contribution >= 0.6 is 11.3 Å². The van der Waals surface area contributed by atoms with Gasteiger partial charge in [0.2, 0.25) is 0 Å². The van der Waals surface area contributed by atoms with Gasteiger partial charge in [-0.15, -0.1) is 11.3 Å².